The third kappa shape index (κ3) is 3.61. The first-order chi connectivity index (χ1) is 13.1. The van der Waals surface area contributed by atoms with Crippen LogP contribution < -0.4 is 15.8 Å². The van der Waals surface area contributed by atoms with Crippen molar-refractivity contribution in [3.05, 3.63) is 64.5 Å². The smallest absolute Gasteiger partial charge is 0.261 e. The molecule has 0 atom stereocenters. The minimum Gasteiger partial charge on any atom is -0.497 e. The number of aromatic nitrogens is 3. The van der Waals surface area contributed by atoms with Gasteiger partial charge in [-0.25, -0.2) is 4.52 Å². The molecule has 7 nitrogen and oxygen atoms in total. The molecule has 0 radical (unpaired) electrons. The Bertz CT molecular complexity index is 1100. The fraction of sp³-hybridized carbons (Fsp3) is 0.105. The summed E-state index contributed by atoms with van der Waals surface area (Å²) in [5, 5.41) is 9.00. The van der Waals surface area contributed by atoms with Crippen molar-refractivity contribution in [3.8, 4) is 16.9 Å². The normalized spacial score (nSPS) is 10.9. The van der Waals surface area contributed by atoms with Crippen molar-refractivity contribution in [3.63, 3.8) is 0 Å². The summed E-state index contributed by atoms with van der Waals surface area (Å²) in [5.41, 5.74) is 9.21. The number of fused-ring (bicyclic) bond motifs is 1. The second kappa shape index (κ2) is 7.08. The quantitative estimate of drug-likeness (QED) is 0.556. The van der Waals surface area contributed by atoms with Gasteiger partial charge in [0.25, 0.3) is 5.91 Å². The Hall–Kier alpha value is -3.39. The average molecular weight is 379 g/mol. The number of thiophene rings is 1. The summed E-state index contributed by atoms with van der Waals surface area (Å²) in [6.07, 6.45) is 1.85. The van der Waals surface area contributed by atoms with Crippen LogP contribution in [-0.4, -0.2) is 27.6 Å². The molecule has 1 aromatic carbocycles. The average Bonchev–Trinajstić information content (AvgIpc) is 3.31. The highest BCUT2D eigenvalue weighted by molar-refractivity contribution is 7.12. The number of amides is 1. The number of carbonyl (C=O) groups is 1. The molecule has 4 rings (SSSR count). The van der Waals surface area contributed by atoms with E-state index in [1.165, 1.54) is 11.3 Å². The molecule has 0 spiro atoms. The van der Waals surface area contributed by atoms with Crippen LogP contribution in [0.5, 0.6) is 5.75 Å². The van der Waals surface area contributed by atoms with Crippen molar-refractivity contribution in [1.29, 1.82) is 0 Å². The van der Waals surface area contributed by atoms with Crippen molar-refractivity contribution in [1.82, 2.24) is 19.9 Å². The van der Waals surface area contributed by atoms with Gasteiger partial charge in [-0.1, -0.05) is 12.1 Å². The number of nitrogens with two attached hydrogens (primary N) is 1. The summed E-state index contributed by atoms with van der Waals surface area (Å²) < 4.78 is 6.77. The third-order valence-corrected chi connectivity index (χ3v) is 5.05. The van der Waals surface area contributed by atoms with E-state index in [0.29, 0.717) is 17.1 Å². The molecular formula is C19H17N5O2S. The molecule has 1 amide bonds. The van der Waals surface area contributed by atoms with Gasteiger partial charge >= 0.3 is 0 Å². The van der Waals surface area contributed by atoms with Crippen LogP contribution in [0.1, 0.15) is 15.2 Å². The summed E-state index contributed by atoms with van der Waals surface area (Å²) in [6, 6.07) is 13.3. The number of anilines is 1. The van der Waals surface area contributed by atoms with Crippen molar-refractivity contribution in [2.45, 2.75) is 6.54 Å². The lowest BCUT2D eigenvalue weighted by atomic mass is 10.1. The van der Waals surface area contributed by atoms with Crippen LogP contribution in [0, 0.1) is 0 Å². The predicted octanol–water partition coefficient (Wildman–Crippen LogP) is 2.98. The standard InChI is InChI=1S/C19H17N5O2S/c1-26-15-5-2-12(3-6-15)9-21-18(25)16-8-14(11-27-16)13-4-7-17-22-19(20)23-24(17)10-13/h2-8,10-11H,9H2,1H3,(H2,20,23)(H,21,25). The van der Waals surface area contributed by atoms with Crippen LogP contribution in [0.3, 0.4) is 0 Å². The summed E-state index contributed by atoms with van der Waals surface area (Å²) in [7, 11) is 1.63. The second-order valence-corrected chi connectivity index (χ2v) is 6.83. The minimum atomic E-state index is -0.104. The molecule has 0 saturated heterocycles. The fourth-order valence-electron chi connectivity index (χ4n) is 2.69. The van der Waals surface area contributed by atoms with Gasteiger partial charge < -0.3 is 15.8 Å². The zero-order valence-electron chi connectivity index (χ0n) is 14.5. The number of hydrogen-bond donors (Lipinski definition) is 2. The zero-order valence-corrected chi connectivity index (χ0v) is 15.4. The van der Waals surface area contributed by atoms with Gasteiger partial charge in [-0.05, 0) is 46.8 Å². The first kappa shape index (κ1) is 17.0. The number of nitrogens with zero attached hydrogens (tertiary/aromatic N) is 3. The van der Waals surface area contributed by atoms with Crippen LogP contribution in [-0.2, 0) is 6.54 Å². The number of methoxy groups -OCH3 is 1. The van der Waals surface area contributed by atoms with Crippen molar-refractivity contribution in [2.24, 2.45) is 0 Å². The van der Waals surface area contributed by atoms with Crippen LogP contribution in [0.4, 0.5) is 5.95 Å². The van der Waals surface area contributed by atoms with Gasteiger partial charge in [0, 0.05) is 18.3 Å². The number of ether oxygens (including phenoxy) is 1. The highest BCUT2D eigenvalue weighted by Gasteiger charge is 2.11. The topological polar surface area (TPSA) is 94.5 Å². The first-order valence-electron chi connectivity index (χ1n) is 8.24. The van der Waals surface area contributed by atoms with E-state index in [-0.39, 0.29) is 11.9 Å². The van der Waals surface area contributed by atoms with E-state index in [9.17, 15) is 4.79 Å². The number of carbonyl (C=O) groups excluding carboxylic acids is 1. The number of nitrogen functional groups attached to an aromatic ring is 1. The number of hydrogen-bond acceptors (Lipinski definition) is 6. The first-order valence-corrected chi connectivity index (χ1v) is 9.12. The predicted molar refractivity (Wildman–Crippen MR) is 105 cm³/mol. The maximum absolute atomic E-state index is 12.4. The van der Waals surface area contributed by atoms with E-state index in [1.807, 2.05) is 54.0 Å². The maximum Gasteiger partial charge on any atom is 0.261 e. The molecule has 4 aromatic rings. The Morgan fingerprint density at radius 3 is 2.81 bits per heavy atom. The Balaban J connectivity index is 1.46. The Morgan fingerprint density at radius 1 is 1.22 bits per heavy atom. The lowest BCUT2D eigenvalue weighted by molar-refractivity contribution is 0.0955. The van der Waals surface area contributed by atoms with Gasteiger partial charge in [0.05, 0.1) is 12.0 Å². The highest BCUT2D eigenvalue weighted by Crippen LogP contribution is 2.26. The molecule has 0 fully saturated rings. The number of benzene rings is 1. The Labute approximate surface area is 159 Å². The molecule has 0 aliphatic rings. The minimum absolute atomic E-state index is 0.104. The van der Waals surface area contributed by atoms with Gasteiger partial charge in [-0.3, -0.25) is 4.79 Å². The monoisotopic (exact) mass is 379 g/mol. The largest absolute Gasteiger partial charge is 0.497 e. The molecule has 0 saturated carbocycles. The fourth-order valence-corrected chi connectivity index (χ4v) is 3.52. The molecule has 3 heterocycles. The number of rotatable bonds is 5. The summed E-state index contributed by atoms with van der Waals surface area (Å²) in [6.45, 7) is 0.459. The van der Waals surface area contributed by atoms with Crippen LogP contribution in [0.15, 0.2) is 54.0 Å². The third-order valence-electron chi connectivity index (χ3n) is 4.12. The van der Waals surface area contributed by atoms with Crippen LogP contribution >= 0.6 is 11.3 Å². The van der Waals surface area contributed by atoms with E-state index < -0.39 is 0 Å². The van der Waals surface area contributed by atoms with Crippen molar-refractivity contribution < 1.29 is 9.53 Å². The van der Waals surface area contributed by atoms with E-state index >= 15 is 0 Å². The number of pyridine rings is 1. The molecule has 27 heavy (non-hydrogen) atoms. The van der Waals surface area contributed by atoms with Gasteiger partial charge in [0.1, 0.15) is 5.75 Å². The highest BCUT2D eigenvalue weighted by atomic mass is 32.1. The molecule has 3 N–H and O–H groups in total. The van der Waals surface area contributed by atoms with Crippen LogP contribution in [0.25, 0.3) is 16.8 Å². The molecule has 0 aliphatic carbocycles. The molecule has 8 heteroatoms. The molecular weight excluding hydrogens is 362 g/mol. The summed E-state index contributed by atoms with van der Waals surface area (Å²) >= 11 is 1.40. The van der Waals surface area contributed by atoms with Crippen molar-refractivity contribution >= 4 is 28.8 Å². The summed E-state index contributed by atoms with van der Waals surface area (Å²) in [4.78, 5) is 17.2. The maximum atomic E-state index is 12.4. The Morgan fingerprint density at radius 2 is 2.04 bits per heavy atom. The molecule has 0 aliphatic heterocycles. The lowest BCUT2D eigenvalue weighted by Crippen LogP contribution is -2.21. The van der Waals surface area contributed by atoms with Gasteiger partial charge in [-0.2, -0.15) is 4.98 Å². The van der Waals surface area contributed by atoms with E-state index in [2.05, 4.69) is 15.4 Å². The zero-order chi connectivity index (χ0) is 18.8. The molecule has 0 unspecified atom stereocenters. The SMILES string of the molecule is COc1ccc(CNC(=O)c2cc(-c3ccc4nc(N)nn4c3)cs2)cc1. The number of nitrogens with one attached hydrogen (secondary N) is 1. The van der Waals surface area contributed by atoms with Crippen LogP contribution in [0.2, 0.25) is 0 Å². The van der Waals surface area contributed by atoms with E-state index in [0.717, 1.165) is 22.4 Å². The summed E-state index contributed by atoms with van der Waals surface area (Å²) in [5.74, 6) is 0.920. The lowest BCUT2D eigenvalue weighted by Gasteiger charge is -2.05. The Kier molecular flexibility index (Phi) is 4.47. The second-order valence-electron chi connectivity index (χ2n) is 5.92. The molecule has 136 valence electrons. The van der Waals surface area contributed by atoms with Gasteiger partial charge in [0.15, 0.2) is 5.65 Å². The van der Waals surface area contributed by atoms with E-state index in [1.54, 1.807) is 11.6 Å². The van der Waals surface area contributed by atoms with E-state index in [4.69, 9.17) is 10.5 Å². The molecule has 0 bridgehead atoms. The van der Waals surface area contributed by atoms with Gasteiger partial charge in [-0.15, -0.1) is 16.4 Å². The molecule has 3 aromatic heterocycles. The van der Waals surface area contributed by atoms with Gasteiger partial charge in [0.2, 0.25) is 5.95 Å². The van der Waals surface area contributed by atoms with Crippen molar-refractivity contribution in [2.75, 3.05) is 12.8 Å².